The van der Waals surface area contributed by atoms with E-state index >= 15 is 0 Å². The highest BCUT2D eigenvalue weighted by Gasteiger charge is 2.33. The van der Waals surface area contributed by atoms with Gasteiger partial charge < -0.3 is 19.9 Å². The van der Waals surface area contributed by atoms with Gasteiger partial charge in [0.05, 0.1) is 36.6 Å². The van der Waals surface area contributed by atoms with E-state index in [1.807, 2.05) is 29.2 Å². The van der Waals surface area contributed by atoms with E-state index in [1.54, 1.807) is 6.07 Å². The van der Waals surface area contributed by atoms with Crippen LogP contribution in [0.25, 0.3) is 0 Å². The molecular weight excluding hydrogens is 427 g/mol. The van der Waals surface area contributed by atoms with Gasteiger partial charge in [0.2, 0.25) is 0 Å². The van der Waals surface area contributed by atoms with Crippen LogP contribution >= 0.6 is 11.8 Å². The van der Waals surface area contributed by atoms with E-state index < -0.39 is 11.7 Å². The molecule has 0 aliphatic carbocycles. The van der Waals surface area contributed by atoms with E-state index in [4.69, 9.17) is 5.11 Å². The maximum Gasteiger partial charge on any atom is 0.416 e. The third-order valence-electron chi connectivity index (χ3n) is 5.96. The van der Waals surface area contributed by atoms with Crippen LogP contribution in [0.2, 0.25) is 0 Å². The van der Waals surface area contributed by atoms with Gasteiger partial charge in [0.1, 0.15) is 6.54 Å². The number of halogens is 3. The average molecular weight is 454 g/mol. The second-order valence-corrected chi connectivity index (χ2v) is 9.13. The summed E-state index contributed by atoms with van der Waals surface area (Å²) in [5, 5.41) is 21.5. The number of nitrogens with zero attached hydrogens (tertiary/aromatic N) is 3. The second-order valence-electron chi connectivity index (χ2n) is 8.05. The minimum absolute atomic E-state index is 0.102. The van der Waals surface area contributed by atoms with Crippen molar-refractivity contribution in [1.82, 2.24) is 4.90 Å². The highest BCUT2D eigenvalue weighted by Crippen LogP contribution is 2.49. The zero-order valence-electron chi connectivity index (χ0n) is 17.1. The first-order valence-electron chi connectivity index (χ1n) is 10.5. The van der Waals surface area contributed by atoms with Crippen LogP contribution in [0, 0.1) is 5.21 Å². The largest absolute Gasteiger partial charge is 0.633 e. The molecule has 2 aromatic rings. The lowest BCUT2D eigenvalue weighted by atomic mass is 10.1. The summed E-state index contributed by atoms with van der Waals surface area (Å²) in [5.74, 6) is 0. The quantitative estimate of drug-likeness (QED) is 0.522. The minimum atomic E-state index is -4.38. The number of piperazine rings is 1. The van der Waals surface area contributed by atoms with Crippen LogP contribution in [0.15, 0.2) is 52.3 Å². The number of aliphatic hydroxyl groups excluding tert-OH is 1. The first kappa shape index (κ1) is 22.4. The van der Waals surface area contributed by atoms with E-state index in [1.165, 1.54) is 17.8 Å². The van der Waals surface area contributed by atoms with E-state index in [0.717, 1.165) is 34.5 Å². The van der Waals surface area contributed by atoms with E-state index in [9.17, 15) is 18.4 Å². The summed E-state index contributed by atoms with van der Waals surface area (Å²) in [7, 11) is 0. The van der Waals surface area contributed by atoms with Gasteiger partial charge in [-0.25, -0.2) is 0 Å². The van der Waals surface area contributed by atoms with Crippen molar-refractivity contribution in [2.75, 3.05) is 57.3 Å². The summed E-state index contributed by atoms with van der Waals surface area (Å²) in [6, 6.07) is 11.7. The van der Waals surface area contributed by atoms with Crippen LogP contribution in [0.5, 0.6) is 0 Å². The van der Waals surface area contributed by atoms with Crippen LogP contribution in [-0.2, 0) is 6.18 Å². The minimum Gasteiger partial charge on any atom is -0.633 e. The van der Waals surface area contributed by atoms with Gasteiger partial charge in [-0.3, -0.25) is 4.90 Å². The number of anilines is 2. The number of para-hydroxylation sites is 1. The highest BCUT2D eigenvalue weighted by atomic mass is 32.2. The molecule has 2 aliphatic heterocycles. The third-order valence-corrected chi connectivity index (χ3v) is 7.09. The fourth-order valence-electron chi connectivity index (χ4n) is 4.20. The predicted octanol–water partition coefficient (Wildman–Crippen LogP) is 4.32. The molecule has 0 aromatic heterocycles. The van der Waals surface area contributed by atoms with E-state index in [2.05, 4.69) is 4.90 Å². The van der Waals surface area contributed by atoms with Crippen molar-refractivity contribution in [3.63, 3.8) is 0 Å². The Morgan fingerprint density at radius 3 is 2.42 bits per heavy atom. The lowest BCUT2D eigenvalue weighted by Crippen LogP contribution is -2.57. The highest BCUT2D eigenvalue weighted by molar-refractivity contribution is 7.99. The zero-order chi connectivity index (χ0) is 22.1. The Balaban J connectivity index is 1.47. The maximum absolute atomic E-state index is 13.3. The summed E-state index contributed by atoms with van der Waals surface area (Å²) >= 11 is 1.49. The van der Waals surface area contributed by atoms with Crippen molar-refractivity contribution < 1.29 is 22.9 Å². The van der Waals surface area contributed by atoms with Crippen molar-refractivity contribution in [2.45, 2.75) is 22.4 Å². The summed E-state index contributed by atoms with van der Waals surface area (Å²) < 4.78 is 39.6. The molecule has 0 saturated carbocycles. The Hall–Kier alpha value is -1.78. The van der Waals surface area contributed by atoms with Crippen molar-refractivity contribution in [2.24, 2.45) is 0 Å². The number of quaternary nitrogens is 1. The number of hydrogen-bond donors (Lipinski definition) is 1. The Labute approximate surface area is 184 Å². The monoisotopic (exact) mass is 453 g/mol. The van der Waals surface area contributed by atoms with Gasteiger partial charge >= 0.3 is 6.18 Å². The smallest absolute Gasteiger partial charge is 0.416 e. The van der Waals surface area contributed by atoms with Gasteiger partial charge in [-0.2, -0.15) is 13.2 Å². The molecule has 2 aliphatic rings. The molecule has 9 heteroatoms. The first-order valence-corrected chi connectivity index (χ1v) is 11.3. The molecule has 5 nitrogen and oxygen atoms in total. The molecule has 0 spiro atoms. The lowest BCUT2D eigenvalue weighted by molar-refractivity contribution is -0.885. The number of aliphatic hydroxyl groups is 1. The lowest BCUT2D eigenvalue weighted by Gasteiger charge is -2.48. The fourth-order valence-corrected chi connectivity index (χ4v) is 5.28. The summed E-state index contributed by atoms with van der Waals surface area (Å²) in [6.07, 6.45) is -3.61. The Morgan fingerprint density at radius 1 is 1.00 bits per heavy atom. The number of benzene rings is 2. The van der Waals surface area contributed by atoms with Gasteiger partial charge in [0.15, 0.2) is 0 Å². The molecule has 0 radical (unpaired) electrons. The molecule has 31 heavy (non-hydrogen) atoms. The van der Waals surface area contributed by atoms with Crippen molar-refractivity contribution in [3.05, 3.63) is 53.2 Å². The van der Waals surface area contributed by atoms with E-state index in [0.29, 0.717) is 38.4 Å². The normalized spacial score (nSPS) is 18.5. The molecule has 1 N–H and O–H groups in total. The molecule has 0 bridgehead atoms. The van der Waals surface area contributed by atoms with Crippen molar-refractivity contribution in [1.29, 1.82) is 0 Å². The summed E-state index contributed by atoms with van der Waals surface area (Å²) in [6.45, 7) is 3.76. The summed E-state index contributed by atoms with van der Waals surface area (Å²) in [4.78, 5) is 6.07. The standard InChI is InChI=1S/C22H26F3N3O2S/c23-22(24,25)17-6-7-21-19(16-17)27(18-4-1-2-5-20(18)31-21)9-3-8-26-10-12-28(30,13-11-26)14-15-29/h1-2,4-7,16,29H,3,8-15H2. The SMILES string of the molecule is [O-][N+]1(CCO)CCN(CCCN2c3ccccc3Sc3ccc(C(F)(F)F)cc32)CC1. The third kappa shape index (κ3) is 5.01. The number of hydrogen-bond acceptors (Lipinski definition) is 5. The molecule has 1 saturated heterocycles. The Bertz CT molecular complexity index is 917. The van der Waals surface area contributed by atoms with Crippen molar-refractivity contribution in [3.8, 4) is 0 Å². The van der Waals surface area contributed by atoms with Crippen LogP contribution in [0.1, 0.15) is 12.0 Å². The van der Waals surface area contributed by atoms with Crippen LogP contribution in [-0.4, -0.2) is 67.1 Å². The van der Waals surface area contributed by atoms with Gasteiger partial charge in [-0.05, 0) is 36.8 Å². The number of fused-ring (bicyclic) bond motifs is 2. The van der Waals surface area contributed by atoms with E-state index in [-0.39, 0.29) is 17.8 Å². The molecule has 2 aromatic carbocycles. The van der Waals surface area contributed by atoms with Gasteiger partial charge in [-0.15, -0.1) is 0 Å². The van der Waals surface area contributed by atoms with Crippen LogP contribution in [0.3, 0.4) is 0 Å². The molecule has 0 amide bonds. The maximum atomic E-state index is 13.3. The molecule has 168 valence electrons. The molecule has 4 rings (SSSR count). The molecule has 1 fully saturated rings. The molecule has 2 heterocycles. The second kappa shape index (κ2) is 8.99. The Morgan fingerprint density at radius 2 is 1.71 bits per heavy atom. The molecule has 0 atom stereocenters. The molecule has 0 unspecified atom stereocenters. The first-order chi connectivity index (χ1) is 14.8. The zero-order valence-corrected chi connectivity index (χ0v) is 18.0. The van der Waals surface area contributed by atoms with Crippen LogP contribution in [0.4, 0.5) is 24.5 Å². The Kier molecular flexibility index (Phi) is 6.50. The average Bonchev–Trinajstić information content (AvgIpc) is 2.74. The molecular formula is C22H26F3N3O2S. The number of rotatable bonds is 6. The van der Waals surface area contributed by atoms with Crippen LogP contribution < -0.4 is 4.90 Å². The predicted molar refractivity (Wildman–Crippen MR) is 115 cm³/mol. The van der Waals surface area contributed by atoms with Crippen molar-refractivity contribution >= 4 is 23.1 Å². The summed E-state index contributed by atoms with van der Waals surface area (Å²) in [5.41, 5.74) is 0.882. The van der Waals surface area contributed by atoms with Gasteiger partial charge in [0, 0.05) is 36.0 Å². The fraction of sp³-hybridized carbons (Fsp3) is 0.455. The van der Waals surface area contributed by atoms with Gasteiger partial charge in [-0.1, -0.05) is 23.9 Å². The number of hydroxylamine groups is 3. The topological polar surface area (TPSA) is 49.8 Å². The van der Waals surface area contributed by atoms with Gasteiger partial charge in [0.25, 0.3) is 0 Å². The number of alkyl halides is 3.